The summed E-state index contributed by atoms with van der Waals surface area (Å²) in [6, 6.07) is 2.41. The Morgan fingerprint density at radius 1 is 1.25 bits per heavy atom. The van der Waals surface area contributed by atoms with E-state index in [4.69, 9.17) is 0 Å². The zero-order chi connectivity index (χ0) is 14.8. The first-order valence-electron chi connectivity index (χ1n) is 6.55. The van der Waals surface area contributed by atoms with Crippen LogP contribution in [0, 0.1) is 11.6 Å². The van der Waals surface area contributed by atoms with Crippen molar-refractivity contribution in [1.29, 1.82) is 0 Å². The molecule has 4 nitrogen and oxygen atoms in total. The minimum atomic E-state index is -3.87. The van der Waals surface area contributed by atoms with E-state index in [1.54, 1.807) is 0 Å². The third kappa shape index (κ3) is 3.53. The van der Waals surface area contributed by atoms with Gasteiger partial charge >= 0.3 is 0 Å². The van der Waals surface area contributed by atoms with Crippen LogP contribution in [0.25, 0.3) is 0 Å². The van der Waals surface area contributed by atoms with Gasteiger partial charge in [-0.3, -0.25) is 0 Å². The van der Waals surface area contributed by atoms with Crippen molar-refractivity contribution in [2.24, 2.45) is 0 Å². The quantitative estimate of drug-likeness (QED) is 0.921. The van der Waals surface area contributed by atoms with E-state index in [1.165, 1.54) is 7.05 Å². The third-order valence-electron chi connectivity index (χ3n) is 3.43. The van der Waals surface area contributed by atoms with Gasteiger partial charge in [-0.2, -0.15) is 4.31 Å². The summed E-state index contributed by atoms with van der Waals surface area (Å²) in [4.78, 5) is -0.353. The molecule has 1 aliphatic heterocycles. The molecular weight excluding hydrogens is 286 g/mol. The summed E-state index contributed by atoms with van der Waals surface area (Å²) < 4.78 is 52.0. The van der Waals surface area contributed by atoms with Gasteiger partial charge in [-0.25, -0.2) is 17.2 Å². The summed E-state index contributed by atoms with van der Waals surface area (Å²) in [5, 5.41) is 3.24. The van der Waals surface area contributed by atoms with Crippen LogP contribution in [0.3, 0.4) is 0 Å². The number of piperidine rings is 1. The van der Waals surface area contributed by atoms with Crippen LogP contribution in [0.2, 0.25) is 0 Å². The predicted octanol–water partition coefficient (Wildman–Crippen LogP) is 1.73. The van der Waals surface area contributed by atoms with Gasteiger partial charge in [0.1, 0.15) is 11.6 Å². The van der Waals surface area contributed by atoms with Crippen LogP contribution < -0.4 is 5.32 Å². The van der Waals surface area contributed by atoms with Gasteiger partial charge in [-0.05, 0) is 31.5 Å². The molecule has 2 rings (SSSR count). The van der Waals surface area contributed by atoms with Crippen LogP contribution in [0.15, 0.2) is 23.1 Å². The molecule has 112 valence electrons. The Labute approximate surface area is 117 Å². The molecular formula is C13H18F2N2O2S. The minimum absolute atomic E-state index is 0.0851. The molecule has 1 fully saturated rings. The second-order valence-electron chi connectivity index (χ2n) is 5.04. The Morgan fingerprint density at radius 2 is 1.90 bits per heavy atom. The van der Waals surface area contributed by atoms with Crippen LogP contribution in [0.4, 0.5) is 8.78 Å². The molecule has 1 atom stereocenters. The molecule has 1 aliphatic rings. The van der Waals surface area contributed by atoms with E-state index in [-0.39, 0.29) is 10.9 Å². The van der Waals surface area contributed by atoms with Gasteiger partial charge in [-0.15, -0.1) is 0 Å². The second kappa shape index (κ2) is 6.15. The summed E-state index contributed by atoms with van der Waals surface area (Å²) >= 11 is 0. The molecule has 0 aliphatic carbocycles. The molecule has 20 heavy (non-hydrogen) atoms. The fourth-order valence-corrected chi connectivity index (χ4v) is 3.60. The number of nitrogens with zero attached hydrogens (tertiary/aromatic N) is 1. The van der Waals surface area contributed by atoms with Gasteiger partial charge in [-0.1, -0.05) is 6.42 Å². The van der Waals surface area contributed by atoms with Crippen molar-refractivity contribution in [2.75, 3.05) is 20.1 Å². The molecule has 1 saturated heterocycles. The number of hydrogen-bond donors (Lipinski definition) is 1. The predicted molar refractivity (Wildman–Crippen MR) is 71.8 cm³/mol. The maximum atomic E-state index is 13.1. The lowest BCUT2D eigenvalue weighted by Crippen LogP contribution is -2.44. The molecule has 1 heterocycles. The summed E-state index contributed by atoms with van der Waals surface area (Å²) in [5.74, 6) is -1.79. The van der Waals surface area contributed by atoms with E-state index in [1.807, 2.05) is 0 Å². The lowest BCUT2D eigenvalue weighted by Gasteiger charge is -2.27. The van der Waals surface area contributed by atoms with Crippen LogP contribution in [-0.2, 0) is 10.0 Å². The van der Waals surface area contributed by atoms with Gasteiger partial charge < -0.3 is 5.32 Å². The molecule has 0 aromatic heterocycles. The van der Waals surface area contributed by atoms with Crippen LogP contribution in [-0.4, -0.2) is 38.9 Å². The Morgan fingerprint density at radius 3 is 2.45 bits per heavy atom. The van der Waals surface area contributed by atoms with E-state index in [9.17, 15) is 17.2 Å². The molecule has 0 bridgehead atoms. The molecule has 0 spiro atoms. The molecule has 1 aromatic carbocycles. The molecule has 1 N–H and O–H groups in total. The molecule has 0 amide bonds. The van der Waals surface area contributed by atoms with Crippen molar-refractivity contribution in [1.82, 2.24) is 9.62 Å². The number of hydrogen-bond acceptors (Lipinski definition) is 3. The maximum absolute atomic E-state index is 13.1. The van der Waals surface area contributed by atoms with Crippen molar-refractivity contribution in [2.45, 2.75) is 30.2 Å². The van der Waals surface area contributed by atoms with Crippen molar-refractivity contribution in [3.05, 3.63) is 29.8 Å². The summed E-state index contributed by atoms with van der Waals surface area (Å²) in [6.45, 7) is 1.16. The van der Waals surface area contributed by atoms with E-state index in [2.05, 4.69) is 5.32 Å². The normalized spacial score (nSPS) is 20.3. The van der Waals surface area contributed by atoms with E-state index < -0.39 is 21.7 Å². The number of benzene rings is 1. The SMILES string of the molecule is CN(CC1CCCCN1)S(=O)(=O)c1cc(F)cc(F)c1. The largest absolute Gasteiger partial charge is 0.313 e. The summed E-state index contributed by atoms with van der Waals surface area (Å²) in [7, 11) is -2.45. The molecule has 1 aromatic rings. The van der Waals surface area contributed by atoms with E-state index in [0.717, 1.165) is 42.2 Å². The molecule has 0 radical (unpaired) electrons. The topological polar surface area (TPSA) is 49.4 Å². The lowest BCUT2D eigenvalue weighted by molar-refractivity contribution is 0.337. The summed E-state index contributed by atoms with van der Waals surface area (Å²) in [5.41, 5.74) is 0. The zero-order valence-corrected chi connectivity index (χ0v) is 12.1. The highest BCUT2D eigenvalue weighted by Gasteiger charge is 2.25. The fourth-order valence-electron chi connectivity index (χ4n) is 2.35. The fraction of sp³-hybridized carbons (Fsp3) is 0.538. The van der Waals surface area contributed by atoms with Crippen molar-refractivity contribution < 1.29 is 17.2 Å². The highest BCUT2D eigenvalue weighted by molar-refractivity contribution is 7.89. The number of likely N-dealkylation sites (N-methyl/N-ethyl adjacent to an activating group) is 1. The number of nitrogens with one attached hydrogen (secondary N) is 1. The number of rotatable bonds is 4. The Balaban J connectivity index is 2.15. The Kier molecular flexibility index (Phi) is 4.72. The minimum Gasteiger partial charge on any atom is -0.313 e. The number of sulfonamides is 1. The molecule has 0 saturated carbocycles. The average molecular weight is 304 g/mol. The summed E-state index contributed by atoms with van der Waals surface area (Å²) in [6.07, 6.45) is 3.04. The van der Waals surface area contributed by atoms with E-state index >= 15 is 0 Å². The van der Waals surface area contributed by atoms with Crippen molar-refractivity contribution in [3.8, 4) is 0 Å². The van der Waals surface area contributed by atoms with Gasteiger partial charge in [0.2, 0.25) is 10.0 Å². The first-order valence-corrected chi connectivity index (χ1v) is 7.99. The maximum Gasteiger partial charge on any atom is 0.243 e. The standard InChI is InChI=1S/C13H18F2N2O2S/c1-17(9-12-4-2-3-5-16-12)20(18,19)13-7-10(14)6-11(15)8-13/h6-8,12,16H,2-5,9H2,1H3. The highest BCUT2D eigenvalue weighted by atomic mass is 32.2. The first kappa shape index (κ1) is 15.3. The van der Waals surface area contributed by atoms with Gasteiger partial charge in [0.25, 0.3) is 0 Å². The number of halogens is 2. The smallest absolute Gasteiger partial charge is 0.243 e. The lowest BCUT2D eigenvalue weighted by atomic mass is 10.1. The van der Waals surface area contributed by atoms with Crippen molar-refractivity contribution in [3.63, 3.8) is 0 Å². The molecule has 1 unspecified atom stereocenters. The average Bonchev–Trinajstić information content (AvgIpc) is 2.38. The van der Waals surface area contributed by atoms with Gasteiger partial charge in [0, 0.05) is 25.7 Å². The molecule has 7 heteroatoms. The van der Waals surface area contributed by atoms with Crippen LogP contribution >= 0.6 is 0 Å². The second-order valence-corrected chi connectivity index (χ2v) is 7.08. The van der Waals surface area contributed by atoms with Crippen LogP contribution in [0.1, 0.15) is 19.3 Å². The Bertz CT molecular complexity index is 551. The van der Waals surface area contributed by atoms with Gasteiger partial charge in [0.05, 0.1) is 4.90 Å². The first-order chi connectivity index (χ1) is 9.39. The van der Waals surface area contributed by atoms with Crippen LogP contribution in [0.5, 0.6) is 0 Å². The van der Waals surface area contributed by atoms with Crippen molar-refractivity contribution >= 4 is 10.0 Å². The highest BCUT2D eigenvalue weighted by Crippen LogP contribution is 2.18. The zero-order valence-electron chi connectivity index (χ0n) is 11.3. The Hall–Kier alpha value is -1.05. The van der Waals surface area contributed by atoms with E-state index in [0.29, 0.717) is 12.6 Å². The monoisotopic (exact) mass is 304 g/mol. The van der Waals surface area contributed by atoms with Gasteiger partial charge in [0.15, 0.2) is 0 Å². The third-order valence-corrected chi connectivity index (χ3v) is 5.24.